The number of carbonyl (C=O) groups is 1. The second-order valence-electron chi connectivity index (χ2n) is 8.16. The Morgan fingerprint density at radius 2 is 2.03 bits per heavy atom. The summed E-state index contributed by atoms with van der Waals surface area (Å²) in [6.07, 6.45) is 4.61. The number of amides is 1. The number of halogens is 2. The zero-order chi connectivity index (χ0) is 20.6. The number of nitroso groups, excluding NO2 is 1. The maximum absolute atomic E-state index is 13.1. The SMILES string of the molecule is CC(F)(F)CC(=O)N1CCC(C(CC2c3ccccc3-c3cncn32)N=O)CC1. The van der Waals surface area contributed by atoms with Gasteiger partial charge in [0, 0.05) is 18.7 Å². The quantitative estimate of drug-likeness (QED) is 0.678. The fourth-order valence-electron chi connectivity index (χ4n) is 4.63. The number of rotatable bonds is 6. The number of hydrogen-bond acceptors (Lipinski definition) is 4. The highest BCUT2D eigenvalue weighted by Crippen LogP contribution is 2.42. The summed E-state index contributed by atoms with van der Waals surface area (Å²) in [7, 11) is 0. The molecular weight excluding hydrogens is 378 g/mol. The van der Waals surface area contributed by atoms with Gasteiger partial charge in [-0.3, -0.25) is 4.79 Å². The number of likely N-dealkylation sites (tertiary alicyclic amines) is 1. The van der Waals surface area contributed by atoms with Crippen molar-refractivity contribution < 1.29 is 13.6 Å². The van der Waals surface area contributed by atoms with Crippen molar-refractivity contribution in [1.82, 2.24) is 14.5 Å². The molecule has 1 aromatic carbocycles. The van der Waals surface area contributed by atoms with Gasteiger partial charge in [-0.1, -0.05) is 29.4 Å². The van der Waals surface area contributed by atoms with Crippen LogP contribution < -0.4 is 0 Å². The van der Waals surface area contributed by atoms with Gasteiger partial charge in [0.2, 0.25) is 5.91 Å². The van der Waals surface area contributed by atoms with Crippen LogP contribution in [0.2, 0.25) is 0 Å². The zero-order valence-electron chi connectivity index (χ0n) is 16.3. The summed E-state index contributed by atoms with van der Waals surface area (Å²) < 4.78 is 28.3. The molecule has 0 spiro atoms. The third-order valence-corrected chi connectivity index (χ3v) is 6.10. The van der Waals surface area contributed by atoms with Crippen LogP contribution in [0.5, 0.6) is 0 Å². The highest BCUT2D eigenvalue weighted by Gasteiger charge is 2.36. The summed E-state index contributed by atoms with van der Waals surface area (Å²) in [6.45, 7) is 1.54. The van der Waals surface area contributed by atoms with Gasteiger partial charge in [0.05, 0.1) is 36.7 Å². The minimum absolute atomic E-state index is 0.00449. The number of alkyl halides is 2. The smallest absolute Gasteiger partial charge is 0.254 e. The second-order valence-corrected chi connectivity index (χ2v) is 8.16. The lowest BCUT2D eigenvalue weighted by Crippen LogP contribution is -2.42. The van der Waals surface area contributed by atoms with Crippen LogP contribution in [0.1, 0.15) is 44.2 Å². The monoisotopic (exact) mass is 402 g/mol. The first kappa shape index (κ1) is 19.7. The Hall–Kier alpha value is -2.64. The molecule has 0 radical (unpaired) electrons. The molecule has 8 heteroatoms. The Morgan fingerprint density at radius 3 is 2.72 bits per heavy atom. The van der Waals surface area contributed by atoms with Gasteiger partial charge in [-0.25, -0.2) is 13.8 Å². The summed E-state index contributed by atoms with van der Waals surface area (Å²) in [4.78, 5) is 29.5. The predicted octanol–water partition coefficient (Wildman–Crippen LogP) is 4.26. The predicted molar refractivity (Wildman–Crippen MR) is 105 cm³/mol. The molecule has 2 aromatic rings. The summed E-state index contributed by atoms with van der Waals surface area (Å²) >= 11 is 0. The van der Waals surface area contributed by atoms with Crippen molar-refractivity contribution in [1.29, 1.82) is 0 Å². The standard InChI is InChI=1S/C21H24F2N4O2/c1-21(22,23)11-20(28)26-8-6-14(7-9-26)17(25-29)10-18-15-4-2-3-5-16(15)19-12-24-13-27(18)19/h2-5,12-14,17-18H,6-11H2,1H3. The van der Waals surface area contributed by atoms with Gasteiger partial charge >= 0.3 is 0 Å². The average Bonchev–Trinajstić information content (AvgIpc) is 3.27. The normalized spacial score (nSPS) is 20.2. The highest BCUT2D eigenvalue weighted by molar-refractivity contribution is 5.77. The molecule has 154 valence electrons. The number of piperidine rings is 1. The van der Waals surface area contributed by atoms with E-state index in [4.69, 9.17) is 0 Å². The lowest BCUT2D eigenvalue weighted by atomic mass is 9.85. The van der Waals surface area contributed by atoms with Crippen LogP contribution in [-0.4, -0.2) is 45.4 Å². The van der Waals surface area contributed by atoms with Crippen LogP contribution in [0.4, 0.5) is 8.78 Å². The molecule has 0 N–H and O–H groups in total. The molecule has 1 aromatic heterocycles. The lowest BCUT2D eigenvalue weighted by Gasteiger charge is -2.35. The number of aromatic nitrogens is 2. The van der Waals surface area contributed by atoms with Crippen molar-refractivity contribution in [2.45, 2.75) is 50.6 Å². The van der Waals surface area contributed by atoms with Gasteiger partial charge in [0.1, 0.15) is 0 Å². The van der Waals surface area contributed by atoms with E-state index in [1.165, 1.54) is 4.90 Å². The molecule has 6 nitrogen and oxygen atoms in total. The molecule has 0 bridgehead atoms. The molecule has 0 aliphatic carbocycles. The van der Waals surface area contributed by atoms with Gasteiger partial charge < -0.3 is 9.47 Å². The minimum Gasteiger partial charge on any atom is -0.342 e. The zero-order valence-corrected chi connectivity index (χ0v) is 16.3. The first-order valence-electron chi connectivity index (χ1n) is 9.96. The van der Waals surface area contributed by atoms with Crippen molar-refractivity contribution in [3.63, 3.8) is 0 Å². The van der Waals surface area contributed by atoms with E-state index in [1.54, 1.807) is 6.33 Å². The minimum atomic E-state index is -3.00. The average molecular weight is 402 g/mol. The summed E-state index contributed by atoms with van der Waals surface area (Å²) in [5, 5.41) is 3.43. The lowest BCUT2D eigenvalue weighted by molar-refractivity contribution is -0.139. The van der Waals surface area contributed by atoms with E-state index in [-0.39, 0.29) is 12.0 Å². The number of nitrogens with zero attached hydrogens (tertiary/aromatic N) is 4. The largest absolute Gasteiger partial charge is 0.342 e. The van der Waals surface area contributed by atoms with Crippen LogP contribution in [0.3, 0.4) is 0 Å². The van der Waals surface area contributed by atoms with E-state index in [0.29, 0.717) is 32.4 Å². The van der Waals surface area contributed by atoms with Gasteiger partial charge in [-0.15, -0.1) is 0 Å². The first-order chi connectivity index (χ1) is 13.9. The molecule has 0 saturated carbocycles. The number of benzene rings is 1. The van der Waals surface area contributed by atoms with Crippen molar-refractivity contribution >= 4 is 5.91 Å². The van der Waals surface area contributed by atoms with Crippen LogP contribution >= 0.6 is 0 Å². The molecule has 1 saturated heterocycles. The van der Waals surface area contributed by atoms with Crippen LogP contribution in [-0.2, 0) is 4.79 Å². The van der Waals surface area contributed by atoms with E-state index in [9.17, 15) is 18.5 Å². The Kier molecular flexibility index (Phi) is 5.19. The maximum atomic E-state index is 13.1. The van der Waals surface area contributed by atoms with E-state index in [1.807, 2.05) is 18.3 Å². The van der Waals surface area contributed by atoms with Crippen LogP contribution in [0, 0.1) is 10.8 Å². The first-order valence-corrected chi connectivity index (χ1v) is 9.96. The third kappa shape index (κ3) is 3.93. The Labute approximate surface area is 167 Å². The molecule has 3 heterocycles. The number of imidazole rings is 1. The molecule has 29 heavy (non-hydrogen) atoms. The van der Waals surface area contributed by atoms with Crippen molar-refractivity contribution in [2.24, 2.45) is 11.1 Å². The van der Waals surface area contributed by atoms with E-state index in [0.717, 1.165) is 23.7 Å². The molecule has 2 aliphatic rings. The molecule has 2 aliphatic heterocycles. The van der Waals surface area contributed by atoms with E-state index >= 15 is 0 Å². The maximum Gasteiger partial charge on any atom is 0.254 e. The summed E-state index contributed by atoms with van der Waals surface area (Å²) in [6, 6.07) is 7.71. The molecular formula is C21H24F2N4O2. The van der Waals surface area contributed by atoms with E-state index in [2.05, 4.69) is 26.9 Å². The summed E-state index contributed by atoms with van der Waals surface area (Å²) in [5.41, 5.74) is 3.33. The van der Waals surface area contributed by atoms with Gasteiger partial charge in [0.15, 0.2) is 0 Å². The molecule has 1 fully saturated rings. The van der Waals surface area contributed by atoms with Crippen LogP contribution in [0.15, 0.2) is 42.0 Å². The van der Waals surface area contributed by atoms with Crippen LogP contribution in [0.25, 0.3) is 11.3 Å². The topological polar surface area (TPSA) is 67.6 Å². The molecule has 2 unspecified atom stereocenters. The number of fused-ring (bicyclic) bond motifs is 3. The molecule has 1 amide bonds. The van der Waals surface area contributed by atoms with Gasteiger partial charge in [-0.05, 0) is 37.7 Å². The number of hydrogen-bond donors (Lipinski definition) is 0. The Morgan fingerprint density at radius 1 is 1.31 bits per heavy atom. The fraction of sp³-hybridized carbons (Fsp3) is 0.524. The Balaban J connectivity index is 1.43. The van der Waals surface area contributed by atoms with Gasteiger partial charge in [0.25, 0.3) is 5.92 Å². The van der Waals surface area contributed by atoms with Crippen molar-refractivity contribution in [2.75, 3.05) is 13.1 Å². The third-order valence-electron chi connectivity index (χ3n) is 6.10. The molecule has 4 rings (SSSR count). The highest BCUT2D eigenvalue weighted by atomic mass is 19.3. The molecule has 2 atom stereocenters. The van der Waals surface area contributed by atoms with E-state index < -0.39 is 24.3 Å². The Bertz CT molecular complexity index is 900. The van der Waals surface area contributed by atoms with Gasteiger partial charge in [-0.2, -0.15) is 4.91 Å². The fourth-order valence-corrected chi connectivity index (χ4v) is 4.63. The number of carbonyl (C=O) groups excluding carboxylic acids is 1. The second kappa shape index (κ2) is 7.65. The van der Waals surface area contributed by atoms with Crippen molar-refractivity contribution in [3.05, 3.63) is 47.3 Å². The summed E-state index contributed by atoms with van der Waals surface area (Å²) in [5.74, 6) is -3.49. The van der Waals surface area contributed by atoms with Crippen molar-refractivity contribution in [3.8, 4) is 11.3 Å².